The maximum absolute atomic E-state index is 3.81. The average molecular weight is 692 g/mol. The molecule has 6 rings (SSSR count). The van der Waals surface area contributed by atoms with Crippen LogP contribution < -0.4 is 24.8 Å². The van der Waals surface area contributed by atoms with Gasteiger partial charge in [0.15, 0.2) is 0 Å². The van der Waals surface area contributed by atoms with E-state index < -0.39 is 0 Å². The van der Waals surface area contributed by atoms with E-state index in [4.69, 9.17) is 0 Å². The van der Waals surface area contributed by atoms with Gasteiger partial charge in [-0.3, -0.25) is 0 Å². The van der Waals surface area contributed by atoms with Crippen molar-refractivity contribution in [1.29, 1.82) is 0 Å². The maximum atomic E-state index is 3.81. The van der Waals surface area contributed by atoms with Crippen molar-refractivity contribution in [2.45, 2.75) is 8.42 Å². The fourth-order valence-corrected chi connectivity index (χ4v) is 9.98. The van der Waals surface area contributed by atoms with Crippen molar-refractivity contribution in [2.75, 3.05) is 0 Å². The number of thiophene rings is 2. The van der Waals surface area contributed by atoms with Crippen LogP contribution in [0.15, 0.2) is 76.7 Å². The molecule has 0 aromatic heterocycles. The number of hydrogen-bond donors (Lipinski definition) is 0. The minimum atomic E-state index is 0. The van der Waals surface area contributed by atoms with Gasteiger partial charge in [0, 0.05) is 0 Å². The van der Waals surface area contributed by atoms with Gasteiger partial charge in [0.25, 0.3) is 0 Å². The molecule has 2 aromatic carbocycles. The zero-order valence-corrected chi connectivity index (χ0v) is 24.6. The van der Waals surface area contributed by atoms with E-state index in [-0.39, 0.29) is 51.0 Å². The van der Waals surface area contributed by atoms with E-state index in [1.165, 1.54) is 59.8 Å². The molecule has 2 aromatic rings. The molecule has 0 atom stereocenters. The monoisotopic (exact) mass is 688 g/mol. The van der Waals surface area contributed by atoms with Crippen LogP contribution in [0.3, 0.4) is 0 Å². The van der Waals surface area contributed by atoms with E-state index >= 15 is 0 Å². The summed E-state index contributed by atoms with van der Waals surface area (Å²) in [5.74, 6) is 0. The molecular weight excluding hydrogens is 682 g/mol. The van der Waals surface area contributed by atoms with E-state index in [9.17, 15) is 0 Å². The molecule has 0 nitrogen and oxygen atoms in total. The van der Waals surface area contributed by atoms with E-state index in [2.05, 4.69) is 92.5 Å². The molecule has 0 radical (unpaired) electrons. The van der Waals surface area contributed by atoms with Gasteiger partial charge in [0.1, 0.15) is 0 Å². The third-order valence-electron chi connectivity index (χ3n) is 4.98. The molecule has 30 heavy (non-hydrogen) atoms. The van der Waals surface area contributed by atoms with Gasteiger partial charge in [-0.25, -0.2) is 22.7 Å². The molecular formula is C22H10Br2Cl2S3Zr. The fourth-order valence-electron chi connectivity index (χ4n) is 3.80. The molecule has 2 heterocycles. The molecule has 0 N–H and O–H groups in total. The molecule has 148 valence electrons. The Kier molecular flexibility index (Phi) is 8.07. The van der Waals surface area contributed by atoms with Crippen molar-refractivity contribution in [3.8, 4) is 22.3 Å². The average Bonchev–Trinajstić information content (AvgIpc) is 3.38. The van der Waals surface area contributed by atoms with Crippen molar-refractivity contribution in [1.82, 2.24) is 0 Å². The quantitative estimate of drug-likeness (QED) is 0.251. The second-order valence-electron chi connectivity index (χ2n) is 6.47. The first-order valence-electron chi connectivity index (χ1n) is 8.41. The summed E-state index contributed by atoms with van der Waals surface area (Å²) < 4.78 is 5.16. The minimum Gasteiger partial charge on any atom is -1.00 e. The zero-order valence-electron chi connectivity index (χ0n) is 15.0. The topological polar surface area (TPSA) is 0 Å². The summed E-state index contributed by atoms with van der Waals surface area (Å²) in [6.07, 6.45) is 0. The van der Waals surface area contributed by atoms with E-state index in [1.54, 1.807) is 0 Å². The van der Waals surface area contributed by atoms with Crippen LogP contribution in [-0.2, 0) is 26.2 Å². The second-order valence-corrected chi connectivity index (χ2v) is 12.7. The Balaban J connectivity index is 0.000000853. The van der Waals surface area contributed by atoms with Crippen LogP contribution >= 0.6 is 66.3 Å². The largest absolute Gasteiger partial charge is 4.00 e. The molecule has 2 aliphatic carbocycles. The van der Waals surface area contributed by atoms with Gasteiger partial charge in [-0.05, 0) is 16.0 Å². The Morgan fingerprint density at radius 1 is 0.667 bits per heavy atom. The number of rotatable bonds is 2. The first-order chi connectivity index (χ1) is 13.2. The zero-order chi connectivity index (χ0) is 18.1. The first kappa shape index (κ1) is 25.0. The molecule has 0 spiro atoms. The molecule has 0 bridgehead atoms. The summed E-state index contributed by atoms with van der Waals surface area (Å²) in [5, 5.41) is 5.29. The van der Waals surface area contributed by atoms with Gasteiger partial charge < -0.3 is 24.8 Å². The fraction of sp³-hybridized carbons (Fsp3) is 0. The maximum Gasteiger partial charge on any atom is 4.00 e. The number of hydrogen-bond acceptors (Lipinski definition) is 3. The molecule has 2 aliphatic heterocycles. The summed E-state index contributed by atoms with van der Waals surface area (Å²) in [7, 11) is 0. The van der Waals surface area contributed by atoms with E-state index in [0.717, 1.165) is 0 Å². The van der Waals surface area contributed by atoms with Crippen LogP contribution in [0.1, 0.15) is 0 Å². The molecule has 0 saturated carbocycles. The van der Waals surface area contributed by atoms with Crippen molar-refractivity contribution in [3.63, 3.8) is 0 Å². The molecule has 8 heteroatoms. The van der Waals surface area contributed by atoms with Crippen LogP contribution in [0.2, 0.25) is 0 Å². The summed E-state index contributed by atoms with van der Waals surface area (Å²) in [4.78, 5) is 0. The standard InChI is InChI=1S/C22H10Br2S3.2ClH.Zr/c23-19-17-13-7-3-1-5-11(13)9-15(17)21(25-19)27-22-16-10-12-6-2-4-8-14(12)18(16)20(24)26-22;;;/h1-10H;2*1H;/q-2;;;+4/p-2. The smallest absolute Gasteiger partial charge is 1.00 e. The molecule has 4 aliphatic rings. The summed E-state index contributed by atoms with van der Waals surface area (Å²) in [6.45, 7) is 0. The second kappa shape index (κ2) is 9.69. The van der Waals surface area contributed by atoms with Crippen molar-refractivity contribution in [2.24, 2.45) is 0 Å². The van der Waals surface area contributed by atoms with Crippen molar-refractivity contribution in [3.05, 3.63) is 68.2 Å². The van der Waals surface area contributed by atoms with Crippen LogP contribution in [0.4, 0.5) is 0 Å². The molecule has 0 fully saturated rings. The minimum absolute atomic E-state index is 0. The number of fused-ring (bicyclic) bond motifs is 6. The SMILES string of the molecule is Brc1s[c-](S[c-]2sc(Br)c3c4ccccc4cc2-3)c2cc3ccccc3c1-2.[Cl-].[Cl-].[Zr+4]. The Labute approximate surface area is 235 Å². The number of halogens is 4. The van der Waals surface area contributed by atoms with Crippen molar-refractivity contribution >= 4 is 87.8 Å². The Morgan fingerprint density at radius 2 is 1.07 bits per heavy atom. The Morgan fingerprint density at radius 3 is 1.50 bits per heavy atom. The summed E-state index contributed by atoms with van der Waals surface area (Å²) in [5.41, 5.74) is 5.40. The van der Waals surface area contributed by atoms with Gasteiger partial charge >= 0.3 is 26.2 Å². The van der Waals surface area contributed by atoms with Crippen LogP contribution in [0.5, 0.6) is 0 Å². The third kappa shape index (κ3) is 3.84. The van der Waals surface area contributed by atoms with Gasteiger partial charge in [-0.15, -0.1) is 66.2 Å². The summed E-state index contributed by atoms with van der Waals surface area (Å²) >= 11 is 13.2. The molecule has 0 amide bonds. The van der Waals surface area contributed by atoms with Gasteiger partial charge in [0.05, 0.1) is 0 Å². The van der Waals surface area contributed by atoms with E-state index in [0.29, 0.717) is 0 Å². The summed E-state index contributed by atoms with van der Waals surface area (Å²) in [6, 6.07) is 21.9. The molecule has 0 unspecified atom stereocenters. The van der Waals surface area contributed by atoms with Gasteiger partial charge in [-0.1, -0.05) is 70.1 Å². The number of benzene rings is 2. The van der Waals surface area contributed by atoms with Crippen LogP contribution in [-0.4, -0.2) is 0 Å². The Hall–Kier alpha value is 0.353. The van der Waals surface area contributed by atoms with Gasteiger partial charge in [0.2, 0.25) is 0 Å². The van der Waals surface area contributed by atoms with Crippen LogP contribution in [0, 0.1) is 0 Å². The van der Waals surface area contributed by atoms with Gasteiger partial charge in [-0.2, -0.15) is 11.8 Å². The third-order valence-corrected chi connectivity index (χ3v) is 10.1. The van der Waals surface area contributed by atoms with E-state index in [1.807, 2.05) is 34.4 Å². The predicted molar refractivity (Wildman–Crippen MR) is 128 cm³/mol. The predicted octanol–water partition coefficient (Wildman–Crippen LogP) is 3.45. The first-order valence-corrected chi connectivity index (χ1v) is 12.4. The van der Waals surface area contributed by atoms with Crippen LogP contribution in [0.25, 0.3) is 43.8 Å². The molecule has 0 saturated heterocycles. The van der Waals surface area contributed by atoms with Crippen molar-refractivity contribution < 1.29 is 51.0 Å². The Bertz CT molecular complexity index is 1290. The normalized spacial score (nSPS) is 11.0.